The summed E-state index contributed by atoms with van der Waals surface area (Å²) >= 11 is 0. The van der Waals surface area contributed by atoms with Crippen molar-refractivity contribution in [1.82, 2.24) is 25.1 Å². The maximum atomic E-state index is 12.7. The Balaban J connectivity index is 0.00000274. The van der Waals surface area contributed by atoms with E-state index in [2.05, 4.69) is 33.1 Å². The van der Waals surface area contributed by atoms with Crippen LogP contribution in [0.5, 0.6) is 0 Å². The van der Waals surface area contributed by atoms with Gasteiger partial charge in [0.05, 0.1) is 5.69 Å². The van der Waals surface area contributed by atoms with Crippen LogP contribution in [0.4, 0.5) is 10.6 Å². The molecule has 0 radical (unpaired) electrons. The first-order valence-electron chi connectivity index (χ1n) is 12.1. The smallest absolute Gasteiger partial charge is 0.328 e. The number of aromatic nitrogens is 2. The van der Waals surface area contributed by atoms with Gasteiger partial charge < -0.3 is 21.3 Å². The van der Waals surface area contributed by atoms with Gasteiger partial charge in [-0.2, -0.15) is 4.98 Å². The van der Waals surface area contributed by atoms with Gasteiger partial charge in [0.2, 0.25) is 0 Å². The van der Waals surface area contributed by atoms with Crippen LogP contribution in [0.2, 0.25) is 0 Å². The van der Waals surface area contributed by atoms with E-state index in [-0.39, 0.29) is 24.3 Å². The molecular weight excluding hydrogens is 454 g/mol. The third-order valence-electron chi connectivity index (χ3n) is 7.08. The standard InChI is InChI=1S/C24H33N7O2.ClH/c25-18-3-5-20(15-18)27-19-4-1-17-14-21(6-2-16(17)13-19)31-10-7-22(29-24(31)33)28-23(32)30-11-8-26-9-12-30;/h2,6-7,10,14,18-20,26-27H,1,3-5,8-9,11-13,15,25H2,(H,28,29,32,33);1H/t18-,19?,20+;/m0./s1. The maximum absolute atomic E-state index is 12.7. The van der Waals surface area contributed by atoms with Crippen LogP contribution in [0.15, 0.2) is 35.3 Å². The van der Waals surface area contributed by atoms with Gasteiger partial charge in [0.25, 0.3) is 0 Å². The van der Waals surface area contributed by atoms with E-state index in [0.717, 1.165) is 50.9 Å². The average molecular weight is 488 g/mol. The van der Waals surface area contributed by atoms with Crippen molar-refractivity contribution in [1.29, 1.82) is 0 Å². The number of carbonyl (C=O) groups is 1. The molecule has 0 spiro atoms. The van der Waals surface area contributed by atoms with E-state index in [1.807, 2.05) is 6.07 Å². The summed E-state index contributed by atoms with van der Waals surface area (Å²) in [4.78, 5) is 30.9. The Morgan fingerprint density at radius 2 is 1.91 bits per heavy atom. The van der Waals surface area contributed by atoms with Gasteiger partial charge in [-0.3, -0.25) is 9.88 Å². The topological polar surface area (TPSA) is 117 Å². The van der Waals surface area contributed by atoms with Gasteiger partial charge in [0.15, 0.2) is 0 Å². The molecule has 5 N–H and O–H groups in total. The minimum absolute atomic E-state index is 0. The summed E-state index contributed by atoms with van der Waals surface area (Å²) in [5, 5.41) is 9.75. The molecule has 2 amide bonds. The largest absolute Gasteiger partial charge is 0.354 e. The van der Waals surface area contributed by atoms with Crippen LogP contribution in [-0.2, 0) is 12.8 Å². The van der Waals surface area contributed by atoms with Crippen LogP contribution < -0.4 is 27.4 Å². The van der Waals surface area contributed by atoms with Crippen molar-refractivity contribution >= 4 is 24.3 Å². The maximum Gasteiger partial charge on any atom is 0.354 e. The fourth-order valence-corrected chi connectivity index (χ4v) is 5.26. The fourth-order valence-electron chi connectivity index (χ4n) is 5.26. The highest BCUT2D eigenvalue weighted by atomic mass is 35.5. The lowest BCUT2D eigenvalue weighted by molar-refractivity contribution is 0.204. The highest BCUT2D eigenvalue weighted by molar-refractivity contribution is 5.88. The van der Waals surface area contributed by atoms with E-state index in [9.17, 15) is 9.59 Å². The third kappa shape index (κ3) is 5.60. The number of piperazine rings is 1. The molecule has 3 atom stereocenters. The summed E-state index contributed by atoms with van der Waals surface area (Å²) in [5.41, 5.74) is 9.09. The number of rotatable bonds is 4. The molecule has 2 fully saturated rings. The van der Waals surface area contributed by atoms with Gasteiger partial charge in [0, 0.05) is 50.5 Å². The van der Waals surface area contributed by atoms with E-state index >= 15 is 0 Å². The molecular formula is C24H34ClN7O2. The van der Waals surface area contributed by atoms with Crippen molar-refractivity contribution in [2.24, 2.45) is 5.73 Å². The first kappa shape index (κ1) is 24.7. The zero-order chi connectivity index (χ0) is 22.8. The monoisotopic (exact) mass is 487 g/mol. The lowest BCUT2D eigenvalue weighted by Crippen LogP contribution is -2.48. The van der Waals surface area contributed by atoms with Crippen molar-refractivity contribution in [3.05, 3.63) is 52.1 Å². The molecule has 1 saturated carbocycles. The van der Waals surface area contributed by atoms with Crippen molar-refractivity contribution in [3.8, 4) is 5.69 Å². The minimum Gasteiger partial charge on any atom is -0.328 e. The van der Waals surface area contributed by atoms with Gasteiger partial charge in [0.1, 0.15) is 5.82 Å². The van der Waals surface area contributed by atoms with Gasteiger partial charge in [-0.1, -0.05) is 6.07 Å². The average Bonchev–Trinajstić information content (AvgIpc) is 3.24. The number of nitrogens with zero attached hydrogens (tertiary/aromatic N) is 3. The lowest BCUT2D eigenvalue weighted by Gasteiger charge is -2.29. The Hall–Kier alpha value is -2.46. The molecule has 0 bridgehead atoms. The second kappa shape index (κ2) is 10.9. The number of aryl methyl sites for hydroxylation is 1. The normalized spacial score (nSPS) is 24.3. The van der Waals surface area contributed by atoms with E-state index in [0.29, 0.717) is 31.2 Å². The van der Waals surface area contributed by atoms with Crippen molar-refractivity contribution < 1.29 is 4.79 Å². The third-order valence-corrected chi connectivity index (χ3v) is 7.08. The highest BCUT2D eigenvalue weighted by Gasteiger charge is 2.26. The Morgan fingerprint density at radius 3 is 2.65 bits per heavy atom. The Morgan fingerprint density at radius 1 is 1.09 bits per heavy atom. The fraction of sp³-hybridized carbons (Fsp3) is 0.542. The number of amides is 2. The molecule has 1 aromatic carbocycles. The number of benzene rings is 1. The zero-order valence-corrected chi connectivity index (χ0v) is 20.2. The van der Waals surface area contributed by atoms with E-state index in [4.69, 9.17) is 5.73 Å². The van der Waals surface area contributed by atoms with E-state index in [1.165, 1.54) is 22.1 Å². The first-order chi connectivity index (χ1) is 16.0. The number of urea groups is 1. The first-order valence-corrected chi connectivity index (χ1v) is 12.1. The number of hydrogen-bond acceptors (Lipinski definition) is 6. The summed E-state index contributed by atoms with van der Waals surface area (Å²) in [6.07, 6.45) is 8.12. The van der Waals surface area contributed by atoms with Crippen molar-refractivity contribution in [3.63, 3.8) is 0 Å². The van der Waals surface area contributed by atoms with Crippen molar-refractivity contribution in [2.45, 2.75) is 56.7 Å². The van der Waals surface area contributed by atoms with Gasteiger partial charge in [-0.15, -0.1) is 12.4 Å². The van der Waals surface area contributed by atoms with E-state index < -0.39 is 5.69 Å². The molecule has 5 rings (SSSR count). The molecule has 1 saturated heterocycles. The molecule has 1 aliphatic heterocycles. The van der Waals surface area contributed by atoms with Crippen LogP contribution >= 0.6 is 12.4 Å². The second-order valence-corrected chi connectivity index (χ2v) is 9.46. The molecule has 184 valence electrons. The number of nitrogens with one attached hydrogen (secondary N) is 3. The number of carbonyl (C=O) groups excluding carboxylic acids is 1. The number of halogens is 1. The van der Waals surface area contributed by atoms with E-state index in [1.54, 1.807) is 17.2 Å². The Bertz CT molecular complexity index is 1070. The van der Waals surface area contributed by atoms with Crippen LogP contribution in [0, 0.1) is 0 Å². The molecule has 2 aliphatic carbocycles. The molecule has 10 heteroatoms. The van der Waals surface area contributed by atoms with Crippen molar-refractivity contribution in [2.75, 3.05) is 31.5 Å². The van der Waals surface area contributed by atoms with Gasteiger partial charge >= 0.3 is 11.7 Å². The summed E-state index contributed by atoms with van der Waals surface area (Å²) in [6, 6.07) is 9.03. The number of fused-ring (bicyclic) bond motifs is 1. The minimum atomic E-state index is -0.402. The zero-order valence-electron chi connectivity index (χ0n) is 19.3. The molecule has 34 heavy (non-hydrogen) atoms. The molecule has 3 aliphatic rings. The molecule has 2 aromatic rings. The predicted molar refractivity (Wildman–Crippen MR) is 135 cm³/mol. The van der Waals surface area contributed by atoms with Crippen LogP contribution in [0.3, 0.4) is 0 Å². The predicted octanol–water partition coefficient (Wildman–Crippen LogP) is 1.42. The molecule has 1 unspecified atom stereocenters. The van der Waals surface area contributed by atoms with Gasteiger partial charge in [-0.25, -0.2) is 9.59 Å². The lowest BCUT2D eigenvalue weighted by atomic mass is 9.87. The Labute approximate surface area is 205 Å². The molecule has 9 nitrogen and oxygen atoms in total. The summed E-state index contributed by atoms with van der Waals surface area (Å²) in [7, 11) is 0. The summed E-state index contributed by atoms with van der Waals surface area (Å²) < 4.78 is 1.53. The highest BCUT2D eigenvalue weighted by Crippen LogP contribution is 2.26. The van der Waals surface area contributed by atoms with Crippen LogP contribution in [0.1, 0.15) is 36.8 Å². The number of nitrogens with two attached hydrogens (primary N) is 1. The van der Waals surface area contributed by atoms with Crippen LogP contribution in [-0.4, -0.2) is 64.8 Å². The van der Waals surface area contributed by atoms with Crippen LogP contribution in [0.25, 0.3) is 5.69 Å². The number of hydrogen-bond donors (Lipinski definition) is 4. The quantitative estimate of drug-likeness (QED) is 0.518. The second-order valence-electron chi connectivity index (χ2n) is 9.46. The summed E-state index contributed by atoms with van der Waals surface area (Å²) in [6.45, 7) is 2.82. The molecule has 2 heterocycles. The SMILES string of the molecule is Cl.N[C@H]1CC[C@@H](NC2CCc3cc(-n4ccc(NC(=O)N5CCNCC5)nc4=O)ccc3C2)C1. The summed E-state index contributed by atoms with van der Waals surface area (Å²) in [5.74, 6) is 0.276. The molecule has 1 aromatic heterocycles. The van der Waals surface area contributed by atoms with Gasteiger partial charge in [-0.05, 0) is 67.9 Å². The number of anilines is 1. The Kier molecular flexibility index (Phi) is 7.88.